The second kappa shape index (κ2) is 3.47. The lowest BCUT2D eigenvalue weighted by Gasteiger charge is -2.23. The molecular weight excluding hydrogens is 180 g/mol. The number of amides is 2. The Morgan fingerprint density at radius 2 is 2.50 bits per heavy atom. The fourth-order valence-corrected chi connectivity index (χ4v) is 1.39. The zero-order valence-electron chi connectivity index (χ0n) is 7.47. The summed E-state index contributed by atoms with van der Waals surface area (Å²) in [6, 6.07) is 3.37. The Hall–Kier alpha value is -1.88. The lowest BCUT2D eigenvalue weighted by molar-refractivity contribution is 0.247. The Kier molecular flexibility index (Phi) is 2.16. The van der Waals surface area contributed by atoms with Crippen molar-refractivity contribution in [3.05, 3.63) is 30.0 Å². The van der Waals surface area contributed by atoms with E-state index >= 15 is 0 Å². The molecule has 1 aliphatic rings. The lowest BCUT2D eigenvalue weighted by Crippen LogP contribution is -2.45. The number of anilines is 1. The number of carbonyl (C=O) groups excluding carboxylic acids is 1. The highest BCUT2D eigenvalue weighted by atomic mass is 16.2. The van der Waals surface area contributed by atoms with Crippen molar-refractivity contribution in [2.75, 3.05) is 11.4 Å². The zero-order valence-corrected chi connectivity index (χ0v) is 7.47. The van der Waals surface area contributed by atoms with Gasteiger partial charge in [0.25, 0.3) is 0 Å². The summed E-state index contributed by atoms with van der Waals surface area (Å²) in [6.45, 7) is 0.493. The van der Waals surface area contributed by atoms with Crippen LogP contribution in [0.1, 0.15) is 5.56 Å². The summed E-state index contributed by atoms with van der Waals surface area (Å²) in [5.41, 5.74) is 3.01. The fraction of sp³-hybridized carbons (Fsp3) is 0.111. The first-order valence-electron chi connectivity index (χ1n) is 4.22. The summed E-state index contributed by atoms with van der Waals surface area (Å²) in [7, 11) is 0. The summed E-state index contributed by atoms with van der Waals surface area (Å²) in [5, 5.41) is 0. The molecular formula is C9H10N4O. The van der Waals surface area contributed by atoms with Gasteiger partial charge in [0.05, 0.1) is 0 Å². The normalized spacial score (nSPS) is 13.6. The maximum atomic E-state index is 11.3. The average Bonchev–Trinajstić information content (AvgIpc) is 2.27. The van der Waals surface area contributed by atoms with Crippen LogP contribution in [-0.4, -0.2) is 17.6 Å². The van der Waals surface area contributed by atoms with Crippen LogP contribution in [0.4, 0.5) is 10.6 Å². The first-order chi connectivity index (χ1) is 6.83. The van der Waals surface area contributed by atoms with E-state index in [-0.39, 0.29) is 6.03 Å². The van der Waals surface area contributed by atoms with Crippen molar-refractivity contribution in [1.29, 1.82) is 0 Å². The summed E-state index contributed by atoms with van der Waals surface area (Å²) in [6.07, 6.45) is 5.47. The van der Waals surface area contributed by atoms with Crippen LogP contribution in [-0.2, 0) is 0 Å². The summed E-state index contributed by atoms with van der Waals surface area (Å²) in [5.74, 6) is 5.70. The first kappa shape index (κ1) is 8.71. The SMILES string of the molecule is NNC(=O)N1CC=Cc2cccnc21. The highest BCUT2D eigenvalue weighted by Gasteiger charge is 2.19. The number of carbonyl (C=O) groups is 1. The van der Waals surface area contributed by atoms with Gasteiger partial charge in [0.15, 0.2) is 0 Å². The molecule has 0 saturated heterocycles. The van der Waals surface area contributed by atoms with E-state index in [4.69, 9.17) is 5.84 Å². The maximum absolute atomic E-state index is 11.3. The van der Waals surface area contributed by atoms with Gasteiger partial charge in [-0.2, -0.15) is 0 Å². The summed E-state index contributed by atoms with van der Waals surface area (Å²) >= 11 is 0. The molecule has 1 aliphatic heterocycles. The minimum atomic E-state index is -0.352. The van der Waals surface area contributed by atoms with E-state index in [2.05, 4.69) is 10.4 Å². The molecule has 14 heavy (non-hydrogen) atoms. The highest BCUT2D eigenvalue weighted by Crippen LogP contribution is 2.22. The van der Waals surface area contributed by atoms with Crippen molar-refractivity contribution >= 4 is 17.9 Å². The van der Waals surface area contributed by atoms with Gasteiger partial charge in [-0.3, -0.25) is 10.3 Å². The molecule has 2 heterocycles. The molecule has 0 fully saturated rings. The summed E-state index contributed by atoms with van der Waals surface area (Å²) in [4.78, 5) is 17.0. The Balaban J connectivity index is 2.40. The van der Waals surface area contributed by atoms with Crippen LogP contribution >= 0.6 is 0 Å². The monoisotopic (exact) mass is 190 g/mol. The topological polar surface area (TPSA) is 71.2 Å². The lowest BCUT2D eigenvalue weighted by atomic mass is 10.2. The number of nitrogens with one attached hydrogen (secondary N) is 1. The smallest absolute Gasteiger partial charge is 0.275 e. The molecule has 3 N–H and O–H groups in total. The van der Waals surface area contributed by atoms with Crippen molar-refractivity contribution in [3.8, 4) is 0 Å². The Morgan fingerprint density at radius 1 is 1.64 bits per heavy atom. The van der Waals surface area contributed by atoms with E-state index in [1.165, 1.54) is 4.90 Å². The number of pyridine rings is 1. The van der Waals surface area contributed by atoms with Gasteiger partial charge in [-0.25, -0.2) is 15.6 Å². The molecule has 0 spiro atoms. The first-order valence-corrected chi connectivity index (χ1v) is 4.22. The molecule has 5 nitrogen and oxygen atoms in total. The standard InChI is InChI=1S/C9H10N4O/c10-12-9(14)13-6-2-4-7-3-1-5-11-8(7)13/h1-5H,6,10H2,(H,12,14). The third kappa shape index (κ3) is 1.33. The fourth-order valence-electron chi connectivity index (χ4n) is 1.39. The van der Waals surface area contributed by atoms with Gasteiger partial charge in [0, 0.05) is 18.3 Å². The van der Waals surface area contributed by atoms with Crippen molar-refractivity contribution in [2.45, 2.75) is 0 Å². The average molecular weight is 190 g/mol. The van der Waals surface area contributed by atoms with E-state index in [9.17, 15) is 4.79 Å². The van der Waals surface area contributed by atoms with E-state index in [0.29, 0.717) is 12.4 Å². The predicted octanol–water partition coefficient (Wildman–Crippen LogP) is 0.498. The Labute approximate surface area is 81.2 Å². The predicted molar refractivity (Wildman–Crippen MR) is 53.3 cm³/mol. The Bertz CT molecular complexity index is 388. The number of fused-ring (bicyclic) bond motifs is 1. The number of nitrogens with two attached hydrogens (primary N) is 1. The zero-order chi connectivity index (χ0) is 9.97. The molecule has 1 aromatic rings. The second-order valence-electron chi connectivity index (χ2n) is 2.88. The van der Waals surface area contributed by atoms with Gasteiger partial charge in [-0.05, 0) is 12.1 Å². The quantitative estimate of drug-likeness (QED) is 0.355. The molecule has 0 atom stereocenters. The molecule has 5 heteroatoms. The van der Waals surface area contributed by atoms with Gasteiger partial charge < -0.3 is 0 Å². The third-order valence-electron chi connectivity index (χ3n) is 2.03. The van der Waals surface area contributed by atoms with Crippen LogP contribution in [0.5, 0.6) is 0 Å². The number of nitrogens with zero attached hydrogens (tertiary/aromatic N) is 2. The number of urea groups is 1. The van der Waals surface area contributed by atoms with Crippen LogP contribution in [0.2, 0.25) is 0 Å². The largest absolute Gasteiger partial charge is 0.337 e. The van der Waals surface area contributed by atoms with Gasteiger partial charge in [-0.15, -0.1) is 0 Å². The number of aromatic nitrogens is 1. The number of hydrazine groups is 1. The molecule has 2 rings (SSSR count). The van der Waals surface area contributed by atoms with Crippen molar-refractivity contribution in [1.82, 2.24) is 10.4 Å². The van der Waals surface area contributed by atoms with E-state index in [0.717, 1.165) is 5.56 Å². The molecule has 1 aromatic heterocycles. The minimum absolute atomic E-state index is 0.352. The molecule has 0 saturated carbocycles. The molecule has 0 unspecified atom stereocenters. The molecule has 0 aliphatic carbocycles. The molecule has 0 aromatic carbocycles. The third-order valence-corrected chi connectivity index (χ3v) is 2.03. The molecule has 0 radical (unpaired) electrons. The van der Waals surface area contributed by atoms with Crippen LogP contribution in [0.15, 0.2) is 24.4 Å². The van der Waals surface area contributed by atoms with Gasteiger partial charge in [0.2, 0.25) is 0 Å². The molecule has 72 valence electrons. The van der Waals surface area contributed by atoms with E-state index < -0.39 is 0 Å². The number of hydrogen-bond donors (Lipinski definition) is 2. The highest BCUT2D eigenvalue weighted by molar-refractivity contribution is 5.94. The molecule has 2 amide bonds. The minimum Gasteiger partial charge on any atom is -0.275 e. The maximum Gasteiger partial charge on any atom is 0.337 e. The Morgan fingerprint density at radius 3 is 3.29 bits per heavy atom. The number of rotatable bonds is 0. The van der Waals surface area contributed by atoms with E-state index in [1.807, 2.05) is 24.3 Å². The van der Waals surface area contributed by atoms with Gasteiger partial charge in [-0.1, -0.05) is 12.2 Å². The molecule has 0 bridgehead atoms. The van der Waals surface area contributed by atoms with Crippen LogP contribution in [0.3, 0.4) is 0 Å². The van der Waals surface area contributed by atoms with Crippen LogP contribution in [0, 0.1) is 0 Å². The van der Waals surface area contributed by atoms with Crippen LogP contribution in [0.25, 0.3) is 6.08 Å². The second-order valence-corrected chi connectivity index (χ2v) is 2.88. The van der Waals surface area contributed by atoms with Crippen LogP contribution < -0.4 is 16.2 Å². The van der Waals surface area contributed by atoms with E-state index in [1.54, 1.807) is 6.20 Å². The summed E-state index contributed by atoms with van der Waals surface area (Å²) < 4.78 is 0. The number of hydrogen-bond acceptors (Lipinski definition) is 3. The van der Waals surface area contributed by atoms with Crippen molar-refractivity contribution in [2.24, 2.45) is 5.84 Å². The van der Waals surface area contributed by atoms with Crippen molar-refractivity contribution < 1.29 is 4.79 Å². The van der Waals surface area contributed by atoms with Gasteiger partial charge in [0.1, 0.15) is 5.82 Å². The van der Waals surface area contributed by atoms with Gasteiger partial charge >= 0.3 is 6.03 Å². The van der Waals surface area contributed by atoms with Crippen molar-refractivity contribution in [3.63, 3.8) is 0 Å².